The summed E-state index contributed by atoms with van der Waals surface area (Å²) in [5.41, 5.74) is 2.10. The van der Waals surface area contributed by atoms with E-state index in [1.54, 1.807) is 6.20 Å². The number of hydrogen-bond donors (Lipinski definition) is 0. The number of hydrogen-bond acceptors (Lipinski definition) is 2. The van der Waals surface area contributed by atoms with Crippen LogP contribution in [0.25, 0.3) is 5.65 Å². The van der Waals surface area contributed by atoms with Crippen LogP contribution in [0, 0.1) is 6.92 Å². The molecule has 0 aromatic carbocycles. The average molecular weight is 190 g/mol. The van der Waals surface area contributed by atoms with Crippen molar-refractivity contribution in [1.82, 2.24) is 9.38 Å². The number of pyridine rings is 1. The number of rotatable bonds is 2. The number of aryl methyl sites for hydroxylation is 1. The van der Waals surface area contributed by atoms with Crippen LogP contribution >= 0.6 is 0 Å². The van der Waals surface area contributed by atoms with Gasteiger partial charge in [0.2, 0.25) is 0 Å². The van der Waals surface area contributed by atoms with E-state index in [0.717, 1.165) is 11.5 Å². The summed E-state index contributed by atoms with van der Waals surface area (Å²) in [4.78, 5) is 4.23. The molecule has 3 nitrogen and oxygen atoms in total. The average Bonchev–Trinajstić information content (AvgIpc) is 2.50. The molecule has 0 bridgehead atoms. The fraction of sp³-hybridized carbons (Fsp3) is 0.364. The molecule has 2 rings (SSSR count). The Bertz CT molecular complexity index is 445. The number of nitrogens with zero attached hydrogens (tertiary/aromatic N) is 2. The maximum absolute atomic E-state index is 5.69. The summed E-state index contributed by atoms with van der Waals surface area (Å²) in [6.45, 7) is 6.08. The molecule has 0 aliphatic rings. The molecule has 74 valence electrons. The summed E-state index contributed by atoms with van der Waals surface area (Å²) >= 11 is 0. The highest BCUT2D eigenvalue weighted by molar-refractivity contribution is 5.45. The van der Waals surface area contributed by atoms with Gasteiger partial charge in [0.15, 0.2) is 5.88 Å². The van der Waals surface area contributed by atoms with E-state index < -0.39 is 0 Å². The lowest BCUT2D eigenvalue weighted by Crippen LogP contribution is -2.08. The van der Waals surface area contributed by atoms with Gasteiger partial charge < -0.3 is 4.74 Å². The second kappa shape index (κ2) is 3.33. The second-order valence-corrected chi connectivity index (χ2v) is 3.69. The van der Waals surface area contributed by atoms with Gasteiger partial charge >= 0.3 is 0 Å². The first-order chi connectivity index (χ1) is 6.66. The Hall–Kier alpha value is -1.51. The first kappa shape index (κ1) is 9.06. The van der Waals surface area contributed by atoms with Crippen LogP contribution in [-0.2, 0) is 0 Å². The summed E-state index contributed by atoms with van der Waals surface area (Å²) in [6.07, 6.45) is 3.87. The van der Waals surface area contributed by atoms with Crippen LogP contribution in [0.4, 0.5) is 0 Å². The third-order valence-corrected chi connectivity index (χ3v) is 1.97. The minimum atomic E-state index is 0.183. The third-order valence-electron chi connectivity index (χ3n) is 1.97. The molecule has 2 heterocycles. The minimum absolute atomic E-state index is 0.183. The van der Waals surface area contributed by atoms with E-state index in [1.165, 1.54) is 5.56 Å². The maximum atomic E-state index is 5.69. The van der Waals surface area contributed by atoms with Gasteiger partial charge in [0.25, 0.3) is 0 Å². The molecule has 0 unspecified atom stereocenters. The van der Waals surface area contributed by atoms with Crippen LogP contribution in [0.2, 0.25) is 0 Å². The Balaban J connectivity index is 2.55. The monoisotopic (exact) mass is 190 g/mol. The van der Waals surface area contributed by atoms with Gasteiger partial charge in [-0.05, 0) is 32.4 Å². The van der Waals surface area contributed by atoms with Crippen LogP contribution in [0.5, 0.6) is 5.88 Å². The highest BCUT2D eigenvalue weighted by Gasteiger charge is 2.04. The topological polar surface area (TPSA) is 26.5 Å². The van der Waals surface area contributed by atoms with Gasteiger partial charge in [0.1, 0.15) is 5.65 Å². The molecule has 0 amide bonds. The third kappa shape index (κ3) is 1.58. The van der Waals surface area contributed by atoms with Crippen molar-refractivity contribution >= 4 is 5.65 Å². The van der Waals surface area contributed by atoms with Gasteiger partial charge in [-0.2, -0.15) is 0 Å². The van der Waals surface area contributed by atoms with Crippen LogP contribution < -0.4 is 4.74 Å². The largest absolute Gasteiger partial charge is 0.476 e. The number of imidazole rings is 1. The first-order valence-electron chi connectivity index (χ1n) is 4.77. The summed E-state index contributed by atoms with van der Waals surface area (Å²) in [6, 6.07) is 4.06. The van der Waals surface area contributed by atoms with Crippen molar-refractivity contribution in [2.75, 3.05) is 0 Å². The Labute approximate surface area is 83.3 Å². The lowest BCUT2D eigenvalue weighted by Gasteiger charge is -2.12. The molecule has 0 aliphatic heterocycles. The standard InChI is InChI=1S/C11H14N2O/c1-8(2)14-11-7-9(3)6-10-12-4-5-13(10)11/h4-8H,1-3H3. The highest BCUT2D eigenvalue weighted by atomic mass is 16.5. The van der Waals surface area contributed by atoms with Gasteiger partial charge in [0.05, 0.1) is 6.10 Å². The predicted octanol–water partition coefficient (Wildman–Crippen LogP) is 2.43. The summed E-state index contributed by atoms with van der Waals surface area (Å²) in [7, 11) is 0. The Morgan fingerprint density at radius 2 is 2.14 bits per heavy atom. The summed E-state index contributed by atoms with van der Waals surface area (Å²) < 4.78 is 7.64. The molecular formula is C11H14N2O. The van der Waals surface area contributed by atoms with Gasteiger partial charge in [-0.3, -0.25) is 4.40 Å². The van der Waals surface area contributed by atoms with Crippen LogP contribution in [0.3, 0.4) is 0 Å². The summed E-state index contributed by atoms with van der Waals surface area (Å²) in [5.74, 6) is 0.854. The van der Waals surface area contributed by atoms with Crippen molar-refractivity contribution in [1.29, 1.82) is 0 Å². The molecular weight excluding hydrogens is 176 g/mol. The molecule has 14 heavy (non-hydrogen) atoms. The Kier molecular flexibility index (Phi) is 2.15. The van der Waals surface area contributed by atoms with Crippen LogP contribution in [-0.4, -0.2) is 15.5 Å². The lowest BCUT2D eigenvalue weighted by molar-refractivity contribution is 0.229. The van der Waals surface area contributed by atoms with E-state index >= 15 is 0 Å². The minimum Gasteiger partial charge on any atom is -0.476 e. The molecule has 2 aromatic rings. The Morgan fingerprint density at radius 3 is 2.86 bits per heavy atom. The fourth-order valence-electron chi connectivity index (χ4n) is 1.45. The zero-order valence-corrected chi connectivity index (χ0v) is 8.69. The molecule has 2 aromatic heterocycles. The van der Waals surface area contributed by atoms with Crippen molar-refractivity contribution in [3.63, 3.8) is 0 Å². The quantitative estimate of drug-likeness (QED) is 0.727. The smallest absolute Gasteiger partial charge is 0.199 e. The molecule has 3 heteroatoms. The lowest BCUT2D eigenvalue weighted by atomic mass is 10.3. The highest BCUT2D eigenvalue weighted by Crippen LogP contribution is 2.17. The molecule has 0 atom stereocenters. The van der Waals surface area contributed by atoms with Crippen LogP contribution in [0.15, 0.2) is 24.5 Å². The molecule has 0 N–H and O–H groups in total. The van der Waals surface area contributed by atoms with E-state index in [2.05, 4.69) is 4.98 Å². The molecule has 0 aliphatic carbocycles. The molecule has 0 saturated carbocycles. The number of fused-ring (bicyclic) bond motifs is 1. The van der Waals surface area contributed by atoms with E-state index in [-0.39, 0.29) is 6.10 Å². The second-order valence-electron chi connectivity index (χ2n) is 3.69. The molecule has 0 spiro atoms. The van der Waals surface area contributed by atoms with E-state index in [4.69, 9.17) is 4.74 Å². The fourth-order valence-corrected chi connectivity index (χ4v) is 1.45. The SMILES string of the molecule is Cc1cc(OC(C)C)n2ccnc2c1. The normalized spacial score (nSPS) is 11.1. The van der Waals surface area contributed by atoms with Crippen molar-refractivity contribution in [2.24, 2.45) is 0 Å². The van der Waals surface area contributed by atoms with Crippen LogP contribution in [0.1, 0.15) is 19.4 Å². The molecule has 0 radical (unpaired) electrons. The number of ether oxygens (including phenoxy) is 1. The van der Waals surface area contributed by atoms with Gasteiger partial charge in [-0.25, -0.2) is 4.98 Å². The zero-order chi connectivity index (χ0) is 10.1. The van der Waals surface area contributed by atoms with Crippen molar-refractivity contribution < 1.29 is 4.74 Å². The van der Waals surface area contributed by atoms with E-state index in [1.807, 2.05) is 43.5 Å². The van der Waals surface area contributed by atoms with Crippen molar-refractivity contribution in [3.8, 4) is 5.88 Å². The number of aromatic nitrogens is 2. The van der Waals surface area contributed by atoms with Crippen molar-refractivity contribution in [2.45, 2.75) is 26.9 Å². The van der Waals surface area contributed by atoms with Gasteiger partial charge in [-0.1, -0.05) is 0 Å². The van der Waals surface area contributed by atoms with Gasteiger partial charge in [0, 0.05) is 18.5 Å². The predicted molar refractivity (Wildman–Crippen MR) is 55.7 cm³/mol. The first-order valence-corrected chi connectivity index (χ1v) is 4.77. The molecule has 0 fully saturated rings. The molecule has 0 saturated heterocycles. The Morgan fingerprint density at radius 1 is 1.36 bits per heavy atom. The maximum Gasteiger partial charge on any atom is 0.199 e. The zero-order valence-electron chi connectivity index (χ0n) is 8.69. The van der Waals surface area contributed by atoms with E-state index in [0.29, 0.717) is 0 Å². The van der Waals surface area contributed by atoms with E-state index in [9.17, 15) is 0 Å². The van der Waals surface area contributed by atoms with Crippen molar-refractivity contribution in [3.05, 3.63) is 30.1 Å². The summed E-state index contributed by atoms with van der Waals surface area (Å²) in [5, 5.41) is 0. The van der Waals surface area contributed by atoms with Gasteiger partial charge in [-0.15, -0.1) is 0 Å².